The first-order chi connectivity index (χ1) is 10.2. The van der Waals surface area contributed by atoms with E-state index in [1.807, 2.05) is 0 Å². The molecular weight excluding hydrogens is 296 g/mol. The Balaban J connectivity index is 2.27. The van der Waals surface area contributed by atoms with Gasteiger partial charge < -0.3 is 5.11 Å². The summed E-state index contributed by atoms with van der Waals surface area (Å²) in [5.74, 6) is 0. The Labute approximate surface area is 131 Å². The van der Waals surface area contributed by atoms with Gasteiger partial charge >= 0.3 is 0 Å². The smallest absolute Gasteiger partial charge is 0.145 e. The molecule has 0 saturated carbocycles. The van der Waals surface area contributed by atoms with Gasteiger partial charge in [0.2, 0.25) is 0 Å². The quantitative estimate of drug-likeness (QED) is 0.845. The van der Waals surface area contributed by atoms with Crippen molar-refractivity contribution in [1.29, 1.82) is 0 Å². The maximum Gasteiger partial charge on any atom is 0.145 e. The summed E-state index contributed by atoms with van der Waals surface area (Å²) in [7, 11) is -2.06. The molecule has 2 aromatic rings. The molecule has 0 aliphatic carbocycles. The van der Waals surface area contributed by atoms with Gasteiger partial charge in [-0.15, -0.1) is 0 Å². The summed E-state index contributed by atoms with van der Waals surface area (Å²) in [6, 6.07) is 22.3. The van der Waals surface area contributed by atoms with Crippen LogP contribution in [0, 0.1) is 0 Å². The molecule has 3 heteroatoms. The Hall–Kier alpha value is -1.35. The first-order valence-electron chi connectivity index (χ1n) is 7.32. The molecule has 0 aromatic heterocycles. The molecule has 0 bridgehead atoms. The first-order valence-corrected chi connectivity index (χ1v) is 9.90. The average Bonchev–Trinajstić information content (AvgIpc) is 2.55. The van der Waals surface area contributed by atoms with Crippen LogP contribution >= 0.6 is 11.6 Å². The minimum absolute atomic E-state index is 0.500. The molecule has 0 saturated heterocycles. The molecule has 0 fully saturated rings. The Morgan fingerprint density at radius 1 is 0.952 bits per heavy atom. The van der Waals surface area contributed by atoms with Crippen LogP contribution in [-0.2, 0) is 0 Å². The molecule has 1 nitrogen and oxygen atoms in total. The van der Waals surface area contributed by atoms with Crippen molar-refractivity contribution in [2.24, 2.45) is 0 Å². The highest BCUT2D eigenvalue weighted by atomic mass is 35.5. The Morgan fingerprint density at radius 3 is 1.90 bits per heavy atom. The highest BCUT2D eigenvalue weighted by Gasteiger charge is 2.43. The van der Waals surface area contributed by atoms with Crippen LogP contribution in [0.25, 0.3) is 0 Å². The third-order valence-corrected chi connectivity index (χ3v) is 10.5. The van der Waals surface area contributed by atoms with Gasteiger partial charge in [-0.3, -0.25) is 0 Å². The fourth-order valence-electron chi connectivity index (χ4n) is 3.45. The Morgan fingerprint density at radius 2 is 1.43 bits per heavy atom. The molecule has 108 valence electrons. The zero-order chi connectivity index (χ0) is 14.9. The number of hydrogen-bond acceptors (Lipinski definition) is 1. The average molecular weight is 315 g/mol. The van der Waals surface area contributed by atoms with Gasteiger partial charge in [-0.05, 0) is 29.8 Å². The molecular formula is C18H19ClOSi. The van der Waals surface area contributed by atoms with Gasteiger partial charge in [0, 0.05) is 5.03 Å². The molecule has 1 unspecified atom stereocenters. The number of rotatable bonds is 2. The van der Waals surface area contributed by atoms with Crippen LogP contribution in [0.5, 0.6) is 0 Å². The number of allylic oxidation sites excluding steroid dienone is 1. The van der Waals surface area contributed by atoms with E-state index in [0.717, 1.165) is 12.5 Å². The molecule has 0 amide bonds. The third kappa shape index (κ3) is 2.37. The highest BCUT2D eigenvalue weighted by Crippen LogP contribution is 2.34. The SMILES string of the molecule is CC1=C(Cl)C(O)CC[Si]1(c1ccccc1)c1ccccc1. The van der Waals surface area contributed by atoms with Crippen molar-refractivity contribution < 1.29 is 5.11 Å². The molecule has 21 heavy (non-hydrogen) atoms. The van der Waals surface area contributed by atoms with Gasteiger partial charge in [0.1, 0.15) is 8.07 Å². The van der Waals surface area contributed by atoms with E-state index in [1.165, 1.54) is 15.6 Å². The van der Waals surface area contributed by atoms with Crippen LogP contribution in [0.2, 0.25) is 6.04 Å². The molecule has 0 spiro atoms. The lowest BCUT2D eigenvalue weighted by molar-refractivity contribution is 0.211. The van der Waals surface area contributed by atoms with Crippen molar-refractivity contribution in [3.63, 3.8) is 0 Å². The summed E-state index contributed by atoms with van der Waals surface area (Å²) in [6.45, 7) is 2.11. The maximum atomic E-state index is 10.1. The zero-order valence-electron chi connectivity index (χ0n) is 12.1. The Kier molecular flexibility index (Phi) is 4.03. The van der Waals surface area contributed by atoms with E-state index in [-0.39, 0.29) is 0 Å². The fraction of sp³-hybridized carbons (Fsp3) is 0.222. The van der Waals surface area contributed by atoms with Gasteiger partial charge in [-0.25, -0.2) is 0 Å². The predicted molar refractivity (Wildman–Crippen MR) is 91.9 cm³/mol. The molecule has 1 aliphatic rings. The second-order valence-electron chi connectivity index (χ2n) is 5.66. The Bertz CT molecular complexity index is 612. The van der Waals surface area contributed by atoms with Gasteiger partial charge in [0.05, 0.1) is 6.10 Å². The third-order valence-electron chi connectivity index (χ3n) is 4.62. The number of aliphatic hydroxyl groups is 1. The van der Waals surface area contributed by atoms with Crippen LogP contribution in [0.15, 0.2) is 70.9 Å². The molecule has 1 N–H and O–H groups in total. The summed E-state index contributed by atoms with van der Waals surface area (Å²) in [4.78, 5) is 0. The lowest BCUT2D eigenvalue weighted by atomic mass is 10.2. The first kappa shape index (κ1) is 14.6. The maximum absolute atomic E-state index is 10.1. The number of hydrogen-bond donors (Lipinski definition) is 1. The summed E-state index contributed by atoms with van der Waals surface area (Å²) in [6.07, 6.45) is 0.242. The van der Waals surface area contributed by atoms with Crippen LogP contribution in [0.4, 0.5) is 0 Å². The second kappa shape index (κ2) is 5.80. The van der Waals surface area contributed by atoms with Crippen molar-refractivity contribution in [2.45, 2.75) is 25.5 Å². The van der Waals surface area contributed by atoms with Gasteiger partial charge in [0.25, 0.3) is 0 Å². The fourth-order valence-corrected chi connectivity index (χ4v) is 9.00. The van der Waals surface area contributed by atoms with Gasteiger partial charge in [-0.2, -0.15) is 0 Å². The van der Waals surface area contributed by atoms with Crippen LogP contribution in [0.1, 0.15) is 13.3 Å². The number of halogens is 1. The second-order valence-corrected chi connectivity index (χ2v) is 10.3. The standard InChI is InChI=1S/C18H19ClOSi/c1-14-18(19)17(20)12-13-21(14,15-8-4-2-5-9-15)16-10-6-3-7-11-16/h2-11,17,20H,12-13H2,1H3. The van der Waals surface area contributed by atoms with E-state index in [0.29, 0.717) is 5.03 Å². The number of aliphatic hydroxyl groups excluding tert-OH is 1. The van der Waals surface area contributed by atoms with E-state index < -0.39 is 14.2 Å². The minimum Gasteiger partial charge on any atom is -0.388 e. The van der Waals surface area contributed by atoms with E-state index in [2.05, 4.69) is 67.6 Å². The van der Waals surface area contributed by atoms with Crippen LogP contribution in [-0.4, -0.2) is 19.3 Å². The summed E-state index contributed by atoms with van der Waals surface area (Å²) in [5, 5.41) is 14.7. The highest BCUT2D eigenvalue weighted by molar-refractivity contribution is 7.07. The van der Waals surface area contributed by atoms with Crippen molar-refractivity contribution in [2.75, 3.05) is 0 Å². The number of benzene rings is 2. The van der Waals surface area contributed by atoms with E-state index >= 15 is 0 Å². The zero-order valence-corrected chi connectivity index (χ0v) is 13.8. The lowest BCUT2D eigenvalue weighted by Gasteiger charge is -2.39. The lowest BCUT2D eigenvalue weighted by Crippen LogP contribution is -2.61. The molecule has 1 aliphatic heterocycles. The predicted octanol–water partition coefficient (Wildman–Crippen LogP) is 3.07. The minimum atomic E-state index is -2.06. The van der Waals surface area contributed by atoms with E-state index in [9.17, 15) is 5.11 Å². The topological polar surface area (TPSA) is 20.2 Å². The van der Waals surface area contributed by atoms with Crippen LogP contribution in [0.3, 0.4) is 0 Å². The van der Waals surface area contributed by atoms with Crippen molar-refractivity contribution in [3.05, 3.63) is 70.9 Å². The van der Waals surface area contributed by atoms with Crippen molar-refractivity contribution in [3.8, 4) is 0 Å². The largest absolute Gasteiger partial charge is 0.388 e. The van der Waals surface area contributed by atoms with Crippen LogP contribution < -0.4 is 10.4 Å². The van der Waals surface area contributed by atoms with Gasteiger partial charge in [-0.1, -0.05) is 77.5 Å². The molecule has 2 aromatic carbocycles. The van der Waals surface area contributed by atoms with E-state index in [1.54, 1.807) is 0 Å². The normalized spacial score (nSPS) is 21.4. The summed E-state index contributed by atoms with van der Waals surface area (Å²) in [5.41, 5.74) is 0. The molecule has 3 rings (SSSR count). The molecule has 1 heterocycles. The van der Waals surface area contributed by atoms with Crippen molar-refractivity contribution in [1.82, 2.24) is 0 Å². The summed E-state index contributed by atoms with van der Waals surface area (Å²) >= 11 is 6.47. The molecule has 0 radical (unpaired) electrons. The van der Waals surface area contributed by atoms with E-state index in [4.69, 9.17) is 11.6 Å². The molecule has 1 atom stereocenters. The monoisotopic (exact) mass is 314 g/mol. The van der Waals surface area contributed by atoms with Crippen molar-refractivity contribution >= 4 is 30.0 Å². The summed E-state index contributed by atoms with van der Waals surface area (Å²) < 4.78 is 0. The van der Waals surface area contributed by atoms with Gasteiger partial charge in [0.15, 0.2) is 0 Å².